The highest BCUT2D eigenvalue weighted by atomic mass is 79.9. The molecule has 0 aromatic heterocycles. The predicted molar refractivity (Wildman–Crippen MR) is 92.4 cm³/mol. The summed E-state index contributed by atoms with van der Waals surface area (Å²) in [6.07, 6.45) is 3.58. The molecule has 0 amide bonds. The first kappa shape index (κ1) is 18.8. The van der Waals surface area contributed by atoms with Gasteiger partial charge < -0.3 is 15.8 Å². The van der Waals surface area contributed by atoms with Crippen LogP contribution in [0.3, 0.4) is 0 Å². The molecule has 1 saturated carbocycles. The zero-order valence-electron chi connectivity index (χ0n) is 12.2. The zero-order valence-corrected chi connectivity index (χ0v) is 14.6. The highest BCUT2D eigenvalue weighted by molar-refractivity contribution is 9.10. The van der Waals surface area contributed by atoms with E-state index in [1.54, 1.807) is 12.1 Å². The number of hydrogen-bond acceptors (Lipinski definition) is 3. The first-order valence-corrected chi connectivity index (χ1v) is 7.89. The molecule has 1 aromatic rings. The van der Waals surface area contributed by atoms with Gasteiger partial charge in [-0.05, 0) is 55.9 Å². The number of esters is 1. The molecule has 0 saturated heterocycles. The Morgan fingerprint density at radius 3 is 2.41 bits per heavy atom. The number of guanidine groups is 1. The number of nitrogens with two attached hydrogens (primary N) is 1. The number of carbonyl (C=O) groups is 1. The second kappa shape index (κ2) is 9.00. The first-order valence-electron chi connectivity index (χ1n) is 7.09. The van der Waals surface area contributed by atoms with Crippen LogP contribution in [0, 0.1) is 17.2 Å². The third-order valence-corrected chi connectivity index (χ3v) is 4.32. The SMILES string of the molecule is Cl.N=C(N)NC[C@H]1CC[C@H](C(=O)Oc2ccc(Br)cc2)CC1. The lowest BCUT2D eigenvalue weighted by Crippen LogP contribution is -2.36. The maximum Gasteiger partial charge on any atom is 0.314 e. The number of rotatable bonds is 4. The van der Waals surface area contributed by atoms with Crippen molar-refractivity contribution in [2.45, 2.75) is 25.7 Å². The van der Waals surface area contributed by atoms with Crippen molar-refractivity contribution in [3.05, 3.63) is 28.7 Å². The average molecular weight is 391 g/mol. The van der Waals surface area contributed by atoms with Gasteiger partial charge in [-0.15, -0.1) is 12.4 Å². The largest absolute Gasteiger partial charge is 0.426 e. The second-order valence-electron chi connectivity index (χ2n) is 5.39. The second-order valence-corrected chi connectivity index (χ2v) is 6.30. The number of carbonyl (C=O) groups excluding carboxylic acids is 1. The van der Waals surface area contributed by atoms with Gasteiger partial charge in [-0.25, -0.2) is 0 Å². The van der Waals surface area contributed by atoms with E-state index >= 15 is 0 Å². The summed E-state index contributed by atoms with van der Waals surface area (Å²) >= 11 is 3.35. The van der Waals surface area contributed by atoms with Gasteiger partial charge in [-0.1, -0.05) is 15.9 Å². The summed E-state index contributed by atoms with van der Waals surface area (Å²) in [5.41, 5.74) is 5.28. The molecule has 5 nitrogen and oxygen atoms in total. The van der Waals surface area contributed by atoms with Crippen molar-refractivity contribution in [2.75, 3.05) is 6.54 Å². The number of benzene rings is 1. The van der Waals surface area contributed by atoms with Crippen molar-refractivity contribution in [1.29, 1.82) is 5.41 Å². The minimum Gasteiger partial charge on any atom is -0.426 e. The Morgan fingerprint density at radius 2 is 1.86 bits per heavy atom. The van der Waals surface area contributed by atoms with Gasteiger partial charge in [0.15, 0.2) is 5.96 Å². The van der Waals surface area contributed by atoms with E-state index in [2.05, 4.69) is 21.2 Å². The monoisotopic (exact) mass is 389 g/mol. The average Bonchev–Trinajstić information content (AvgIpc) is 2.48. The summed E-state index contributed by atoms with van der Waals surface area (Å²) in [6.45, 7) is 0.712. The summed E-state index contributed by atoms with van der Waals surface area (Å²) < 4.78 is 6.37. The van der Waals surface area contributed by atoms with Crippen LogP contribution in [0.2, 0.25) is 0 Å². The fraction of sp³-hybridized carbons (Fsp3) is 0.467. The molecule has 22 heavy (non-hydrogen) atoms. The molecule has 4 N–H and O–H groups in total. The minimum absolute atomic E-state index is 0. The van der Waals surface area contributed by atoms with Crippen molar-refractivity contribution in [1.82, 2.24) is 5.32 Å². The summed E-state index contributed by atoms with van der Waals surface area (Å²) in [4.78, 5) is 12.1. The van der Waals surface area contributed by atoms with Gasteiger partial charge in [-0.2, -0.15) is 0 Å². The van der Waals surface area contributed by atoms with E-state index in [1.807, 2.05) is 12.1 Å². The van der Waals surface area contributed by atoms with Crippen LogP contribution in [0.25, 0.3) is 0 Å². The zero-order chi connectivity index (χ0) is 15.2. The van der Waals surface area contributed by atoms with Crippen LogP contribution in [-0.2, 0) is 4.79 Å². The number of ether oxygens (including phenoxy) is 1. The van der Waals surface area contributed by atoms with Crippen molar-refractivity contribution >= 4 is 40.3 Å². The van der Waals surface area contributed by atoms with E-state index in [-0.39, 0.29) is 30.3 Å². The Bertz CT molecular complexity index is 502. The van der Waals surface area contributed by atoms with Crippen LogP contribution in [0.1, 0.15) is 25.7 Å². The van der Waals surface area contributed by atoms with E-state index in [0.717, 1.165) is 30.2 Å². The fourth-order valence-corrected chi connectivity index (χ4v) is 2.82. The van der Waals surface area contributed by atoms with E-state index in [0.29, 0.717) is 18.2 Å². The molecule has 1 aliphatic rings. The molecule has 0 atom stereocenters. The maximum atomic E-state index is 12.1. The molecule has 7 heteroatoms. The van der Waals surface area contributed by atoms with Crippen molar-refractivity contribution < 1.29 is 9.53 Å². The van der Waals surface area contributed by atoms with Gasteiger partial charge in [0.2, 0.25) is 0 Å². The van der Waals surface area contributed by atoms with Gasteiger partial charge in [0, 0.05) is 11.0 Å². The molecule has 0 radical (unpaired) electrons. The van der Waals surface area contributed by atoms with Gasteiger partial charge in [0.25, 0.3) is 0 Å². The highest BCUT2D eigenvalue weighted by Gasteiger charge is 2.27. The Balaban J connectivity index is 0.00000242. The van der Waals surface area contributed by atoms with Crippen LogP contribution >= 0.6 is 28.3 Å². The smallest absolute Gasteiger partial charge is 0.314 e. The molecule has 0 unspecified atom stereocenters. The molecule has 2 rings (SSSR count). The molecule has 0 heterocycles. The molecule has 0 bridgehead atoms. The van der Waals surface area contributed by atoms with E-state index in [4.69, 9.17) is 15.9 Å². The Hall–Kier alpha value is -1.27. The van der Waals surface area contributed by atoms with Gasteiger partial charge in [-0.3, -0.25) is 10.2 Å². The predicted octanol–water partition coefficient (Wildman–Crippen LogP) is 3.07. The van der Waals surface area contributed by atoms with E-state index < -0.39 is 0 Å². The number of halogens is 2. The fourth-order valence-electron chi connectivity index (χ4n) is 2.56. The van der Waals surface area contributed by atoms with Gasteiger partial charge in [0.05, 0.1) is 5.92 Å². The quantitative estimate of drug-likeness (QED) is 0.319. The highest BCUT2D eigenvalue weighted by Crippen LogP contribution is 2.29. The lowest BCUT2D eigenvalue weighted by molar-refractivity contribution is -0.140. The van der Waals surface area contributed by atoms with Crippen LogP contribution < -0.4 is 15.8 Å². The molecule has 1 aromatic carbocycles. The summed E-state index contributed by atoms with van der Waals surface area (Å²) in [7, 11) is 0. The summed E-state index contributed by atoms with van der Waals surface area (Å²) in [5, 5.41) is 9.99. The standard InChI is InChI=1S/C15H20BrN3O2.ClH/c16-12-5-7-13(8-6-12)21-14(20)11-3-1-10(2-4-11)9-19-15(17)18;/h5-8,10-11H,1-4,9H2,(H4,17,18,19);1H/t10-,11-;. The van der Waals surface area contributed by atoms with Crippen LogP contribution in [0.4, 0.5) is 0 Å². The van der Waals surface area contributed by atoms with Crippen molar-refractivity contribution in [2.24, 2.45) is 17.6 Å². The molecule has 0 spiro atoms. The summed E-state index contributed by atoms with van der Waals surface area (Å²) in [5.74, 6) is 0.901. The Morgan fingerprint density at radius 1 is 1.27 bits per heavy atom. The van der Waals surface area contributed by atoms with Crippen molar-refractivity contribution in [3.8, 4) is 5.75 Å². The molecule has 122 valence electrons. The minimum atomic E-state index is -0.143. The molecular formula is C15H21BrClN3O2. The Kier molecular flexibility index (Phi) is 7.68. The maximum absolute atomic E-state index is 12.1. The normalized spacial score (nSPS) is 20.6. The molecule has 0 aliphatic heterocycles. The molecule has 1 fully saturated rings. The first-order chi connectivity index (χ1) is 10.0. The number of hydrogen-bond donors (Lipinski definition) is 3. The third kappa shape index (κ3) is 5.85. The lowest BCUT2D eigenvalue weighted by atomic mass is 9.82. The molecular weight excluding hydrogens is 370 g/mol. The van der Waals surface area contributed by atoms with Gasteiger partial charge >= 0.3 is 5.97 Å². The van der Waals surface area contributed by atoms with Crippen LogP contribution in [-0.4, -0.2) is 18.5 Å². The topological polar surface area (TPSA) is 88.2 Å². The molecule has 1 aliphatic carbocycles. The number of nitrogens with one attached hydrogen (secondary N) is 2. The third-order valence-electron chi connectivity index (χ3n) is 3.79. The van der Waals surface area contributed by atoms with E-state index in [1.165, 1.54) is 0 Å². The Labute approximate surface area is 145 Å². The van der Waals surface area contributed by atoms with Gasteiger partial charge in [0.1, 0.15) is 5.75 Å². The van der Waals surface area contributed by atoms with Crippen molar-refractivity contribution in [3.63, 3.8) is 0 Å². The lowest BCUT2D eigenvalue weighted by Gasteiger charge is -2.27. The van der Waals surface area contributed by atoms with E-state index in [9.17, 15) is 4.79 Å². The van der Waals surface area contributed by atoms with Crippen LogP contribution in [0.5, 0.6) is 5.75 Å². The summed E-state index contributed by atoms with van der Waals surface area (Å²) in [6, 6.07) is 7.27. The van der Waals surface area contributed by atoms with Crippen LogP contribution in [0.15, 0.2) is 28.7 Å².